The van der Waals surface area contributed by atoms with Gasteiger partial charge in [0.25, 0.3) is 5.91 Å². The first-order chi connectivity index (χ1) is 13.9. The van der Waals surface area contributed by atoms with Crippen LogP contribution in [0, 0.1) is 5.92 Å². The molecule has 0 spiro atoms. The second kappa shape index (κ2) is 10.4. The van der Waals surface area contributed by atoms with Crippen molar-refractivity contribution in [3.8, 4) is 0 Å². The number of hydrogen-bond donors (Lipinski definition) is 1. The van der Waals surface area contributed by atoms with Crippen LogP contribution in [0.1, 0.15) is 29.9 Å². The lowest BCUT2D eigenvalue weighted by Gasteiger charge is -2.37. The van der Waals surface area contributed by atoms with Gasteiger partial charge < -0.3 is 5.32 Å². The van der Waals surface area contributed by atoms with Crippen LogP contribution in [0.2, 0.25) is 10.0 Å². The largest absolute Gasteiger partial charge is 0.346 e. The molecule has 29 heavy (non-hydrogen) atoms. The first kappa shape index (κ1) is 22.0. The highest BCUT2D eigenvalue weighted by Gasteiger charge is 2.24. The predicted molar refractivity (Wildman–Crippen MR) is 119 cm³/mol. The lowest BCUT2D eigenvalue weighted by Crippen LogP contribution is -2.52. The predicted octanol–water partition coefficient (Wildman–Crippen LogP) is 3.96. The number of nitrogens with one attached hydrogen (secondary N) is 1. The molecular weight excluding hydrogens is 407 g/mol. The van der Waals surface area contributed by atoms with E-state index in [1.807, 2.05) is 30.3 Å². The van der Waals surface area contributed by atoms with E-state index in [0.29, 0.717) is 21.7 Å². The molecule has 1 saturated heterocycles. The van der Waals surface area contributed by atoms with Gasteiger partial charge in [-0.1, -0.05) is 49.2 Å². The van der Waals surface area contributed by atoms with Crippen molar-refractivity contribution in [1.82, 2.24) is 20.1 Å². The molecule has 0 bridgehead atoms. The molecule has 1 N–H and O–H groups in total. The Kier molecular flexibility index (Phi) is 7.90. The van der Waals surface area contributed by atoms with Gasteiger partial charge in [-0.25, -0.2) is 0 Å². The van der Waals surface area contributed by atoms with Crippen LogP contribution in [0.5, 0.6) is 0 Å². The average molecular weight is 435 g/mol. The van der Waals surface area contributed by atoms with Crippen molar-refractivity contribution in [2.75, 3.05) is 32.7 Å². The summed E-state index contributed by atoms with van der Waals surface area (Å²) in [6, 6.07) is 11.3. The summed E-state index contributed by atoms with van der Waals surface area (Å²) in [5.41, 5.74) is 1.64. The van der Waals surface area contributed by atoms with Crippen LogP contribution >= 0.6 is 23.2 Å². The summed E-state index contributed by atoms with van der Waals surface area (Å²) < 4.78 is 0. The monoisotopic (exact) mass is 434 g/mol. The standard InChI is InChI=1S/C22H28Cl2N4O/c1-16(2)21(26-22(29)20-5-3-4-8-25-20)15-28-11-9-27(10-12-28)14-17-6-7-18(23)19(24)13-17/h3-8,13,16,21H,9-12,14-15H2,1-2H3,(H,26,29). The molecule has 2 heterocycles. The summed E-state index contributed by atoms with van der Waals surface area (Å²) in [7, 11) is 0. The number of halogens is 2. The van der Waals surface area contributed by atoms with Gasteiger partial charge >= 0.3 is 0 Å². The number of hydrogen-bond acceptors (Lipinski definition) is 4. The van der Waals surface area contributed by atoms with E-state index in [4.69, 9.17) is 23.2 Å². The number of rotatable bonds is 7. The number of carbonyl (C=O) groups is 1. The van der Waals surface area contributed by atoms with Gasteiger partial charge in [0.2, 0.25) is 0 Å². The van der Waals surface area contributed by atoms with Crippen LogP contribution < -0.4 is 5.32 Å². The zero-order valence-electron chi connectivity index (χ0n) is 16.9. The molecule has 0 radical (unpaired) electrons. The van der Waals surface area contributed by atoms with E-state index in [-0.39, 0.29) is 11.9 Å². The highest BCUT2D eigenvalue weighted by molar-refractivity contribution is 6.42. The molecule has 1 aromatic carbocycles. The van der Waals surface area contributed by atoms with Gasteiger partial charge in [0, 0.05) is 51.5 Å². The quantitative estimate of drug-likeness (QED) is 0.716. The molecule has 5 nitrogen and oxygen atoms in total. The van der Waals surface area contributed by atoms with Crippen molar-refractivity contribution in [1.29, 1.82) is 0 Å². The van der Waals surface area contributed by atoms with Crippen LogP contribution in [-0.2, 0) is 6.54 Å². The van der Waals surface area contributed by atoms with Crippen molar-refractivity contribution in [3.05, 3.63) is 63.9 Å². The third kappa shape index (κ3) is 6.41. The van der Waals surface area contributed by atoms with Gasteiger partial charge in [0.15, 0.2) is 0 Å². The molecular formula is C22H28Cl2N4O. The number of carbonyl (C=O) groups excluding carboxylic acids is 1. The molecule has 1 unspecified atom stereocenters. The van der Waals surface area contributed by atoms with E-state index < -0.39 is 0 Å². The van der Waals surface area contributed by atoms with E-state index in [9.17, 15) is 4.79 Å². The van der Waals surface area contributed by atoms with Crippen LogP contribution in [0.15, 0.2) is 42.6 Å². The minimum Gasteiger partial charge on any atom is -0.346 e. The molecule has 156 valence electrons. The van der Waals surface area contributed by atoms with Gasteiger partial charge in [-0.05, 0) is 35.7 Å². The number of piperazine rings is 1. The topological polar surface area (TPSA) is 48.5 Å². The molecule has 7 heteroatoms. The smallest absolute Gasteiger partial charge is 0.270 e. The SMILES string of the molecule is CC(C)C(CN1CCN(Cc2ccc(Cl)c(Cl)c2)CC1)NC(=O)c1ccccn1. The Labute approximate surface area is 183 Å². The molecule has 1 aromatic heterocycles. The van der Waals surface area contributed by atoms with Crippen molar-refractivity contribution >= 4 is 29.1 Å². The molecule has 1 amide bonds. The minimum atomic E-state index is -0.109. The number of benzene rings is 1. The number of amides is 1. The van der Waals surface area contributed by atoms with Crippen LogP contribution in [0.25, 0.3) is 0 Å². The van der Waals surface area contributed by atoms with E-state index in [1.165, 1.54) is 5.56 Å². The summed E-state index contributed by atoms with van der Waals surface area (Å²) in [5.74, 6) is 0.236. The highest BCUT2D eigenvalue weighted by atomic mass is 35.5. The fourth-order valence-corrected chi connectivity index (χ4v) is 3.79. The maximum absolute atomic E-state index is 12.5. The van der Waals surface area contributed by atoms with Crippen molar-refractivity contribution in [2.45, 2.75) is 26.4 Å². The lowest BCUT2D eigenvalue weighted by molar-refractivity contribution is 0.0857. The molecule has 1 atom stereocenters. The maximum atomic E-state index is 12.5. The first-order valence-electron chi connectivity index (χ1n) is 10.0. The summed E-state index contributed by atoms with van der Waals surface area (Å²) in [4.78, 5) is 21.5. The Morgan fingerprint density at radius 2 is 1.79 bits per heavy atom. The fourth-order valence-electron chi connectivity index (χ4n) is 3.47. The van der Waals surface area contributed by atoms with Crippen LogP contribution in [0.4, 0.5) is 0 Å². The van der Waals surface area contributed by atoms with Crippen LogP contribution in [0.3, 0.4) is 0 Å². The maximum Gasteiger partial charge on any atom is 0.270 e. The van der Waals surface area contributed by atoms with Gasteiger partial charge in [-0.3, -0.25) is 19.6 Å². The van der Waals surface area contributed by atoms with E-state index >= 15 is 0 Å². The second-order valence-corrected chi connectivity index (χ2v) is 8.68. The van der Waals surface area contributed by atoms with Gasteiger partial charge in [-0.15, -0.1) is 0 Å². The lowest BCUT2D eigenvalue weighted by atomic mass is 10.0. The number of aromatic nitrogens is 1. The normalized spacial score (nSPS) is 16.7. The van der Waals surface area contributed by atoms with Crippen molar-refractivity contribution < 1.29 is 4.79 Å². The van der Waals surface area contributed by atoms with Crippen LogP contribution in [-0.4, -0.2) is 59.5 Å². The van der Waals surface area contributed by atoms with Crippen molar-refractivity contribution in [2.24, 2.45) is 5.92 Å². The van der Waals surface area contributed by atoms with E-state index in [1.54, 1.807) is 12.3 Å². The molecule has 0 aliphatic carbocycles. The molecule has 1 fully saturated rings. The summed E-state index contributed by atoms with van der Waals surface area (Å²) in [5, 5.41) is 4.35. The molecule has 1 aliphatic rings. The Morgan fingerprint density at radius 1 is 1.07 bits per heavy atom. The number of nitrogens with zero attached hydrogens (tertiary/aromatic N) is 3. The molecule has 2 aromatic rings. The fraction of sp³-hybridized carbons (Fsp3) is 0.455. The Bertz CT molecular complexity index is 808. The van der Waals surface area contributed by atoms with Gasteiger partial charge in [-0.2, -0.15) is 0 Å². The Balaban J connectivity index is 1.50. The number of pyridine rings is 1. The molecule has 1 aliphatic heterocycles. The van der Waals surface area contributed by atoms with Crippen molar-refractivity contribution in [3.63, 3.8) is 0 Å². The zero-order valence-corrected chi connectivity index (χ0v) is 18.5. The zero-order chi connectivity index (χ0) is 20.8. The Hall–Kier alpha value is -1.66. The Morgan fingerprint density at radius 3 is 2.41 bits per heavy atom. The van der Waals surface area contributed by atoms with Gasteiger partial charge in [0.05, 0.1) is 10.0 Å². The highest BCUT2D eigenvalue weighted by Crippen LogP contribution is 2.23. The summed E-state index contributed by atoms with van der Waals surface area (Å²) in [6.07, 6.45) is 1.65. The van der Waals surface area contributed by atoms with E-state index in [0.717, 1.165) is 39.3 Å². The second-order valence-electron chi connectivity index (χ2n) is 7.86. The average Bonchev–Trinajstić information content (AvgIpc) is 2.72. The van der Waals surface area contributed by atoms with E-state index in [2.05, 4.69) is 33.9 Å². The third-order valence-corrected chi connectivity index (χ3v) is 6.07. The molecule has 3 rings (SSSR count). The molecule has 0 saturated carbocycles. The minimum absolute atomic E-state index is 0.0890. The first-order valence-corrected chi connectivity index (χ1v) is 10.8. The third-order valence-electron chi connectivity index (χ3n) is 5.33. The van der Waals surface area contributed by atoms with Gasteiger partial charge in [0.1, 0.15) is 5.69 Å². The summed E-state index contributed by atoms with van der Waals surface area (Å²) in [6.45, 7) is 9.92. The summed E-state index contributed by atoms with van der Waals surface area (Å²) >= 11 is 12.1.